The normalized spacial score (nSPS) is 45.2. The Bertz CT molecular complexity index is 1620. The molecule has 18 heteroatoms. The van der Waals surface area contributed by atoms with E-state index in [9.17, 15) is 65.8 Å². The molecule has 18 nitrogen and oxygen atoms in total. The first-order valence-electron chi connectivity index (χ1n) is 22.6. The highest BCUT2D eigenvalue weighted by Crippen LogP contribution is 2.38. The number of aliphatic hydroxyl groups is 10. The SMILES string of the molecule is C[C@@H]1[C@H](O)[C@@H](C)/C=C/C=C/C/C=C/C=C/C=C/C=C/C[C@H](O[C@@H]2O[C@H](C)[C@@H](O)[C@H](N)[C@@H]2O)C[C@@H]2O[C@](O)(C[C@@H](O)[C@H](O)CC[C@@H](O)C[C@@H](O)C[C@@H](O)CC(=O)O[C@H]1C)C[C@H](O)[C@H]2C(=O)O. The van der Waals surface area contributed by atoms with Gasteiger partial charge in [-0.05, 0) is 52.4 Å². The van der Waals surface area contributed by atoms with E-state index in [1.165, 1.54) is 0 Å². The van der Waals surface area contributed by atoms with Gasteiger partial charge in [0.05, 0.1) is 79.6 Å². The molecule has 0 aromatic rings. The number of carboxylic acid groups (broad SMARTS) is 1. The van der Waals surface area contributed by atoms with Crippen molar-refractivity contribution < 1.29 is 84.7 Å². The summed E-state index contributed by atoms with van der Waals surface area (Å²) in [7, 11) is 0. The molecule has 0 unspecified atom stereocenters. The zero-order chi connectivity index (χ0) is 48.4. The minimum atomic E-state index is -2.34. The van der Waals surface area contributed by atoms with Crippen molar-refractivity contribution in [3.8, 4) is 0 Å². The summed E-state index contributed by atoms with van der Waals surface area (Å²) in [5.41, 5.74) is 6.03. The van der Waals surface area contributed by atoms with Gasteiger partial charge in [0.2, 0.25) is 0 Å². The molecule has 0 aromatic carbocycles. The molecule has 19 atom stereocenters. The Balaban J connectivity index is 1.83. The lowest BCUT2D eigenvalue weighted by molar-refractivity contribution is -0.312. The number of nitrogens with two attached hydrogens (primary N) is 1. The Morgan fingerprint density at radius 3 is 1.97 bits per heavy atom. The van der Waals surface area contributed by atoms with Gasteiger partial charge in [-0.1, -0.05) is 86.8 Å². The quantitative estimate of drug-likeness (QED) is 0.175. The fourth-order valence-corrected chi connectivity index (χ4v) is 8.16. The number of cyclic esters (lactones) is 1. The smallest absolute Gasteiger partial charge is 0.311 e. The molecule has 0 aliphatic carbocycles. The zero-order valence-electron chi connectivity index (χ0n) is 37.8. The van der Waals surface area contributed by atoms with E-state index in [4.69, 9.17) is 24.7 Å². The fourth-order valence-electron chi connectivity index (χ4n) is 8.16. The predicted molar refractivity (Wildman–Crippen MR) is 237 cm³/mol. The number of hydrogen-bond acceptors (Lipinski definition) is 17. The number of fused-ring (bicyclic) bond motifs is 2. The minimum Gasteiger partial charge on any atom is -0.481 e. The van der Waals surface area contributed by atoms with Crippen LogP contribution in [0.4, 0.5) is 0 Å². The number of allylic oxidation sites excluding steroid dienone is 10. The van der Waals surface area contributed by atoms with Crippen LogP contribution in [0.25, 0.3) is 0 Å². The van der Waals surface area contributed by atoms with Crippen LogP contribution in [0.3, 0.4) is 0 Å². The number of ether oxygens (including phenoxy) is 4. The van der Waals surface area contributed by atoms with Crippen molar-refractivity contribution in [3.63, 3.8) is 0 Å². The third-order valence-corrected chi connectivity index (χ3v) is 12.3. The van der Waals surface area contributed by atoms with E-state index >= 15 is 0 Å². The lowest BCUT2D eigenvalue weighted by Crippen LogP contribution is -2.61. The van der Waals surface area contributed by atoms with E-state index < -0.39 is 141 Å². The van der Waals surface area contributed by atoms with Crippen molar-refractivity contribution in [1.29, 1.82) is 0 Å². The first-order valence-corrected chi connectivity index (χ1v) is 22.6. The summed E-state index contributed by atoms with van der Waals surface area (Å²) in [5.74, 6) is -6.80. The highest BCUT2D eigenvalue weighted by molar-refractivity contribution is 5.71. The molecule has 0 saturated carbocycles. The summed E-state index contributed by atoms with van der Waals surface area (Å²) >= 11 is 0. The molecule has 65 heavy (non-hydrogen) atoms. The van der Waals surface area contributed by atoms with Crippen molar-refractivity contribution in [2.75, 3.05) is 0 Å². The van der Waals surface area contributed by atoms with Crippen molar-refractivity contribution >= 4 is 11.9 Å². The van der Waals surface area contributed by atoms with Crippen LogP contribution in [0.15, 0.2) is 72.9 Å². The summed E-state index contributed by atoms with van der Waals surface area (Å²) in [6.07, 6.45) is 2.11. The molecule has 3 aliphatic heterocycles. The fraction of sp³-hybridized carbons (Fsp3) is 0.702. The molecule has 2 fully saturated rings. The third-order valence-electron chi connectivity index (χ3n) is 12.3. The average molecular weight is 926 g/mol. The Morgan fingerprint density at radius 2 is 1.31 bits per heavy atom. The van der Waals surface area contributed by atoms with Gasteiger partial charge in [0.1, 0.15) is 18.1 Å². The maximum Gasteiger partial charge on any atom is 0.311 e. The van der Waals surface area contributed by atoms with Crippen molar-refractivity contribution in [2.24, 2.45) is 23.5 Å². The van der Waals surface area contributed by atoms with Gasteiger partial charge >= 0.3 is 11.9 Å². The molecule has 0 amide bonds. The van der Waals surface area contributed by atoms with Crippen LogP contribution in [0.1, 0.15) is 91.9 Å². The number of hydrogen-bond donors (Lipinski definition) is 12. The number of aliphatic hydroxyl groups excluding tert-OH is 9. The molecule has 3 rings (SSSR count). The van der Waals surface area contributed by atoms with Gasteiger partial charge in [0, 0.05) is 31.1 Å². The van der Waals surface area contributed by atoms with Crippen molar-refractivity contribution in [2.45, 2.75) is 189 Å². The Kier molecular flexibility index (Phi) is 23.8. The molecule has 0 aromatic heterocycles. The predicted octanol–water partition coefficient (Wildman–Crippen LogP) is 0.936. The highest BCUT2D eigenvalue weighted by Gasteiger charge is 2.51. The summed E-state index contributed by atoms with van der Waals surface area (Å²) in [4.78, 5) is 25.1. The summed E-state index contributed by atoms with van der Waals surface area (Å²) in [5, 5.41) is 118. The average Bonchev–Trinajstić information content (AvgIpc) is 3.21. The van der Waals surface area contributed by atoms with Crippen LogP contribution in [-0.2, 0) is 28.5 Å². The van der Waals surface area contributed by atoms with Crippen LogP contribution in [0, 0.1) is 17.8 Å². The number of carbonyl (C=O) groups excluding carboxylic acids is 1. The lowest BCUT2D eigenvalue weighted by atomic mass is 9.82. The van der Waals surface area contributed by atoms with Crippen LogP contribution in [0.2, 0.25) is 0 Å². The molecule has 0 radical (unpaired) electrons. The highest BCUT2D eigenvalue weighted by atomic mass is 16.7. The van der Waals surface area contributed by atoms with Gasteiger partial charge in [0.15, 0.2) is 12.1 Å². The van der Waals surface area contributed by atoms with E-state index in [1.54, 1.807) is 51.2 Å². The maximum absolute atomic E-state index is 12.6. The van der Waals surface area contributed by atoms with Gasteiger partial charge in [-0.3, -0.25) is 9.59 Å². The van der Waals surface area contributed by atoms with Gasteiger partial charge in [-0.15, -0.1) is 0 Å². The van der Waals surface area contributed by atoms with Crippen LogP contribution >= 0.6 is 0 Å². The molecular weight excluding hydrogens is 851 g/mol. The molecule has 0 spiro atoms. The minimum absolute atomic E-state index is 0.0912. The first-order chi connectivity index (χ1) is 30.6. The Labute approximate surface area is 381 Å². The summed E-state index contributed by atoms with van der Waals surface area (Å²) < 4.78 is 23.2. The molecule has 2 bridgehead atoms. The zero-order valence-corrected chi connectivity index (χ0v) is 37.8. The van der Waals surface area contributed by atoms with E-state index in [2.05, 4.69) is 0 Å². The number of carbonyl (C=O) groups is 2. The second-order valence-corrected chi connectivity index (χ2v) is 17.9. The molecule has 13 N–H and O–H groups in total. The number of aliphatic carboxylic acids is 1. The second-order valence-electron chi connectivity index (χ2n) is 17.9. The van der Waals surface area contributed by atoms with E-state index in [0.717, 1.165) is 0 Å². The van der Waals surface area contributed by atoms with Crippen molar-refractivity contribution in [1.82, 2.24) is 0 Å². The Hall–Kier alpha value is -3.18. The van der Waals surface area contributed by atoms with Gasteiger partial charge in [0.25, 0.3) is 0 Å². The summed E-state index contributed by atoms with van der Waals surface area (Å²) in [6.45, 7) is 6.78. The number of carboxylic acids is 1. The van der Waals surface area contributed by atoms with Gasteiger partial charge < -0.3 is 80.9 Å². The van der Waals surface area contributed by atoms with Crippen LogP contribution < -0.4 is 5.73 Å². The van der Waals surface area contributed by atoms with Crippen LogP contribution in [0.5, 0.6) is 0 Å². The van der Waals surface area contributed by atoms with Gasteiger partial charge in [-0.25, -0.2) is 0 Å². The summed E-state index contributed by atoms with van der Waals surface area (Å²) in [6, 6.07) is -1.13. The Morgan fingerprint density at radius 1 is 0.708 bits per heavy atom. The number of esters is 1. The van der Waals surface area contributed by atoms with Crippen LogP contribution in [-0.4, -0.2) is 166 Å². The van der Waals surface area contributed by atoms with E-state index in [-0.39, 0.29) is 44.4 Å². The molecule has 3 heterocycles. The number of rotatable bonds is 3. The molecular formula is C47H75NO17. The standard InChI is InChI=1S/C47H75NO17/c1-27-17-15-13-11-9-7-5-6-8-10-12-14-16-18-34(64-46-44(58)41(48)43(57)30(4)63-46)24-38-40(45(59)60)37(54)26-47(61,65-38)25-36(53)35(52)20-19-31(49)21-32(50)22-33(51)23-39(55)62-29(3)28(2)42(27)56/h5-8,10-17,27-38,40-44,46,49-54,56-58,61H,9,18-26,48H2,1-4H3,(H,59,60)/b7-5+,8-6+,12-10+,13-11+,16-14+,17-15+/t27-,28-,29-,30+,31+,32+,33+,34-,35+,36+,37-,38-,40+,41-,42+,43+,44-,46-,47+/m0/s1. The monoisotopic (exact) mass is 926 g/mol. The molecule has 3 aliphatic rings. The van der Waals surface area contributed by atoms with E-state index in [1.807, 2.05) is 49.5 Å². The largest absolute Gasteiger partial charge is 0.481 e. The van der Waals surface area contributed by atoms with Crippen molar-refractivity contribution in [3.05, 3.63) is 72.9 Å². The molecule has 370 valence electrons. The second kappa shape index (κ2) is 27.6. The molecule has 2 saturated heterocycles. The lowest BCUT2D eigenvalue weighted by Gasteiger charge is -2.45. The third kappa shape index (κ3) is 18.8. The van der Waals surface area contributed by atoms with E-state index in [0.29, 0.717) is 6.42 Å². The first kappa shape index (κ1) is 56.1. The topological polar surface area (TPSA) is 320 Å². The maximum atomic E-state index is 12.6. The van der Waals surface area contributed by atoms with Gasteiger partial charge in [-0.2, -0.15) is 0 Å².